The van der Waals surface area contributed by atoms with Crippen LogP contribution in [0.25, 0.3) is 0 Å². The van der Waals surface area contributed by atoms with Crippen molar-refractivity contribution in [2.45, 2.75) is 20.4 Å². The molecule has 2 heterocycles. The molecule has 0 saturated heterocycles. The molecule has 2 aromatic rings. The molecule has 2 aromatic heterocycles. The normalized spacial score (nSPS) is 10.5. The Morgan fingerprint density at radius 1 is 1.21 bits per heavy atom. The Bertz CT molecular complexity index is 649. The molecule has 100 valence electrons. The molecule has 0 atom stereocenters. The SMILES string of the molecule is COc1nc(C)cc(=O)n1Cc1nc(C)cc(Cl)n1. The highest BCUT2D eigenvalue weighted by atomic mass is 35.5. The third kappa shape index (κ3) is 3.08. The van der Waals surface area contributed by atoms with Gasteiger partial charge in [-0.15, -0.1) is 0 Å². The number of aromatic nitrogens is 4. The first-order chi connectivity index (χ1) is 8.99. The summed E-state index contributed by atoms with van der Waals surface area (Å²) in [5.74, 6) is 0.441. The highest BCUT2D eigenvalue weighted by Crippen LogP contribution is 2.10. The standard InChI is InChI=1S/C12H13ClN4O2/c1-7-4-9(13)16-10(14-7)6-17-11(18)5-8(2)15-12(17)19-3/h4-5H,6H2,1-3H3. The summed E-state index contributed by atoms with van der Waals surface area (Å²) in [7, 11) is 1.46. The Balaban J connectivity index is 2.46. The van der Waals surface area contributed by atoms with Crippen LogP contribution >= 0.6 is 11.6 Å². The van der Waals surface area contributed by atoms with E-state index in [1.54, 1.807) is 13.0 Å². The molecule has 0 aliphatic heterocycles. The van der Waals surface area contributed by atoms with E-state index in [0.717, 1.165) is 5.69 Å². The van der Waals surface area contributed by atoms with Gasteiger partial charge < -0.3 is 4.74 Å². The molecule has 0 fully saturated rings. The van der Waals surface area contributed by atoms with Crippen LogP contribution in [0.4, 0.5) is 0 Å². The van der Waals surface area contributed by atoms with E-state index in [-0.39, 0.29) is 18.1 Å². The quantitative estimate of drug-likeness (QED) is 0.794. The van der Waals surface area contributed by atoms with Crippen molar-refractivity contribution in [3.05, 3.63) is 44.9 Å². The van der Waals surface area contributed by atoms with Crippen LogP contribution < -0.4 is 10.3 Å². The fourth-order valence-corrected chi connectivity index (χ4v) is 1.95. The second-order valence-corrected chi connectivity index (χ2v) is 4.44. The highest BCUT2D eigenvalue weighted by Gasteiger charge is 2.10. The second kappa shape index (κ2) is 5.36. The minimum absolute atomic E-state index is 0.163. The van der Waals surface area contributed by atoms with Gasteiger partial charge in [0.2, 0.25) is 0 Å². The van der Waals surface area contributed by atoms with Gasteiger partial charge >= 0.3 is 0 Å². The van der Waals surface area contributed by atoms with Gasteiger partial charge in [0.05, 0.1) is 13.7 Å². The third-order valence-corrected chi connectivity index (χ3v) is 2.65. The topological polar surface area (TPSA) is 69.9 Å². The Labute approximate surface area is 115 Å². The summed E-state index contributed by atoms with van der Waals surface area (Å²) < 4.78 is 6.46. The van der Waals surface area contributed by atoms with Gasteiger partial charge in [-0.1, -0.05) is 11.6 Å². The van der Waals surface area contributed by atoms with Gasteiger partial charge in [-0.2, -0.15) is 0 Å². The number of rotatable bonds is 3. The summed E-state index contributed by atoms with van der Waals surface area (Å²) in [6.07, 6.45) is 0. The summed E-state index contributed by atoms with van der Waals surface area (Å²) in [4.78, 5) is 24.4. The lowest BCUT2D eigenvalue weighted by atomic mass is 10.4. The molecule has 7 heteroatoms. The Morgan fingerprint density at radius 2 is 1.89 bits per heavy atom. The van der Waals surface area contributed by atoms with Gasteiger partial charge in [-0.25, -0.2) is 15.0 Å². The lowest BCUT2D eigenvalue weighted by Crippen LogP contribution is -2.24. The van der Waals surface area contributed by atoms with E-state index in [9.17, 15) is 4.79 Å². The summed E-state index contributed by atoms with van der Waals surface area (Å²) in [5.41, 5.74) is 1.12. The maximum atomic E-state index is 11.9. The van der Waals surface area contributed by atoms with E-state index < -0.39 is 0 Å². The van der Waals surface area contributed by atoms with Crippen LogP contribution in [-0.4, -0.2) is 26.6 Å². The van der Waals surface area contributed by atoms with Crippen molar-refractivity contribution in [1.82, 2.24) is 19.5 Å². The number of methoxy groups -OCH3 is 1. The van der Waals surface area contributed by atoms with Crippen LogP contribution in [0.15, 0.2) is 16.9 Å². The molecule has 0 aliphatic carbocycles. The predicted octanol–water partition coefficient (Wildman–Crippen LogP) is 1.36. The number of halogens is 1. The van der Waals surface area contributed by atoms with Gasteiger partial charge in [0.25, 0.3) is 11.6 Å². The zero-order valence-corrected chi connectivity index (χ0v) is 11.6. The van der Waals surface area contributed by atoms with E-state index in [1.807, 2.05) is 6.92 Å². The van der Waals surface area contributed by atoms with Gasteiger partial charge in [0.15, 0.2) is 0 Å². The van der Waals surface area contributed by atoms with E-state index in [1.165, 1.54) is 17.7 Å². The Hall–Kier alpha value is -1.95. The predicted molar refractivity (Wildman–Crippen MR) is 70.7 cm³/mol. The molecule has 0 aromatic carbocycles. The zero-order chi connectivity index (χ0) is 14.0. The molecule has 2 rings (SSSR count). The van der Waals surface area contributed by atoms with Crippen molar-refractivity contribution in [3.63, 3.8) is 0 Å². The molecular formula is C12H13ClN4O2. The van der Waals surface area contributed by atoms with Crippen molar-refractivity contribution >= 4 is 11.6 Å². The average Bonchev–Trinajstić information content (AvgIpc) is 2.31. The lowest BCUT2D eigenvalue weighted by molar-refractivity contribution is 0.348. The number of hydrogen-bond donors (Lipinski definition) is 0. The first kappa shape index (κ1) is 13.5. The monoisotopic (exact) mass is 280 g/mol. The van der Waals surface area contributed by atoms with Gasteiger partial charge in [-0.05, 0) is 19.9 Å². The largest absolute Gasteiger partial charge is 0.468 e. The number of ether oxygens (including phenoxy) is 1. The maximum absolute atomic E-state index is 11.9. The second-order valence-electron chi connectivity index (χ2n) is 4.06. The number of aryl methyl sites for hydroxylation is 2. The van der Waals surface area contributed by atoms with Crippen LogP contribution in [0, 0.1) is 13.8 Å². The summed E-state index contributed by atoms with van der Waals surface area (Å²) in [6.45, 7) is 3.70. The van der Waals surface area contributed by atoms with E-state index in [4.69, 9.17) is 16.3 Å². The van der Waals surface area contributed by atoms with Crippen LogP contribution in [0.1, 0.15) is 17.2 Å². The van der Waals surface area contributed by atoms with E-state index >= 15 is 0 Å². The molecule has 0 unspecified atom stereocenters. The van der Waals surface area contributed by atoms with Crippen LogP contribution in [0.2, 0.25) is 5.15 Å². The van der Waals surface area contributed by atoms with Crippen molar-refractivity contribution in [1.29, 1.82) is 0 Å². The first-order valence-electron chi connectivity index (χ1n) is 5.62. The molecule has 0 saturated carbocycles. The van der Waals surface area contributed by atoms with Crippen molar-refractivity contribution in [2.75, 3.05) is 7.11 Å². The first-order valence-corrected chi connectivity index (χ1v) is 6.00. The average molecular weight is 281 g/mol. The van der Waals surface area contributed by atoms with Crippen molar-refractivity contribution in [3.8, 4) is 6.01 Å². The highest BCUT2D eigenvalue weighted by molar-refractivity contribution is 6.29. The summed E-state index contributed by atoms with van der Waals surface area (Å²) >= 11 is 5.87. The number of nitrogens with zero attached hydrogens (tertiary/aromatic N) is 4. The number of hydrogen-bond acceptors (Lipinski definition) is 5. The van der Waals surface area contributed by atoms with E-state index in [0.29, 0.717) is 16.7 Å². The summed E-state index contributed by atoms with van der Waals surface area (Å²) in [6, 6.07) is 3.31. The molecule has 6 nitrogen and oxygen atoms in total. The third-order valence-electron chi connectivity index (χ3n) is 2.45. The molecule has 0 radical (unpaired) electrons. The Morgan fingerprint density at radius 3 is 2.53 bits per heavy atom. The minimum atomic E-state index is -0.217. The summed E-state index contributed by atoms with van der Waals surface area (Å²) in [5, 5.41) is 0.342. The molecule has 0 N–H and O–H groups in total. The van der Waals surface area contributed by atoms with Gasteiger partial charge in [-0.3, -0.25) is 9.36 Å². The maximum Gasteiger partial charge on any atom is 0.299 e. The van der Waals surface area contributed by atoms with Gasteiger partial charge in [0.1, 0.15) is 11.0 Å². The molecule has 0 spiro atoms. The van der Waals surface area contributed by atoms with Crippen LogP contribution in [0.5, 0.6) is 6.01 Å². The molecule has 0 aliphatic rings. The smallest absolute Gasteiger partial charge is 0.299 e. The van der Waals surface area contributed by atoms with Crippen LogP contribution in [0.3, 0.4) is 0 Å². The van der Waals surface area contributed by atoms with Crippen LogP contribution in [-0.2, 0) is 6.54 Å². The van der Waals surface area contributed by atoms with Gasteiger partial charge in [0, 0.05) is 17.5 Å². The molecular weight excluding hydrogens is 268 g/mol. The minimum Gasteiger partial charge on any atom is -0.468 e. The molecule has 0 amide bonds. The fraction of sp³-hybridized carbons (Fsp3) is 0.333. The lowest BCUT2D eigenvalue weighted by Gasteiger charge is -2.10. The van der Waals surface area contributed by atoms with Crippen molar-refractivity contribution in [2.24, 2.45) is 0 Å². The van der Waals surface area contributed by atoms with E-state index in [2.05, 4.69) is 15.0 Å². The fourth-order valence-electron chi connectivity index (χ4n) is 1.70. The van der Waals surface area contributed by atoms with Crippen molar-refractivity contribution < 1.29 is 4.74 Å². The molecule has 19 heavy (non-hydrogen) atoms. The zero-order valence-electron chi connectivity index (χ0n) is 10.8. The Kier molecular flexibility index (Phi) is 3.80. The molecule has 0 bridgehead atoms.